The van der Waals surface area contributed by atoms with Gasteiger partial charge in [-0.1, -0.05) is 28.1 Å². The molecular weight excluding hydrogens is 303 g/mol. The molecule has 0 saturated carbocycles. The molecule has 1 unspecified atom stereocenters. The molecule has 0 amide bonds. The van der Waals surface area contributed by atoms with Gasteiger partial charge in [0.05, 0.1) is 0 Å². The van der Waals surface area contributed by atoms with Gasteiger partial charge in [-0.05, 0) is 36.1 Å². The average molecular weight is 315 g/mol. The van der Waals surface area contributed by atoms with Crippen molar-refractivity contribution in [3.05, 3.63) is 56.4 Å². The molecule has 1 aromatic carbocycles. The molecule has 4 heteroatoms. The SMILES string of the molecule is CC(O)(Cc1ccc(Br)cc1F)c1cccs1. The third kappa shape index (κ3) is 2.94. The van der Waals surface area contributed by atoms with Gasteiger partial charge in [-0.3, -0.25) is 0 Å². The lowest BCUT2D eigenvalue weighted by molar-refractivity contribution is 0.0605. The molecule has 0 aliphatic heterocycles. The lowest BCUT2D eigenvalue weighted by atomic mass is 9.95. The standard InChI is InChI=1S/C13H12BrFOS/c1-13(16,12-3-2-6-17-12)8-9-4-5-10(14)7-11(9)15/h2-7,16H,8H2,1H3. The van der Waals surface area contributed by atoms with Crippen LogP contribution in [0, 0.1) is 5.82 Å². The average Bonchev–Trinajstić information content (AvgIpc) is 2.76. The van der Waals surface area contributed by atoms with Gasteiger partial charge in [0.15, 0.2) is 0 Å². The Hall–Kier alpha value is -0.710. The highest BCUT2D eigenvalue weighted by Gasteiger charge is 2.25. The third-order valence-corrected chi connectivity index (χ3v) is 4.22. The molecule has 2 rings (SSSR count). The maximum atomic E-state index is 13.7. The van der Waals surface area contributed by atoms with Gasteiger partial charge in [-0.25, -0.2) is 4.39 Å². The normalized spacial score (nSPS) is 14.6. The smallest absolute Gasteiger partial charge is 0.127 e. The van der Waals surface area contributed by atoms with Crippen molar-refractivity contribution in [1.29, 1.82) is 0 Å². The van der Waals surface area contributed by atoms with Crippen LogP contribution in [-0.4, -0.2) is 5.11 Å². The van der Waals surface area contributed by atoms with Crippen LogP contribution >= 0.6 is 27.3 Å². The van der Waals surface area contributed by atoms with E-state index in [9.17, 15) is 9.50 Å². The van der Waals surface area contributed by atoms with Crippen molar-refractivity contribution in [3.63, 3.8) is 0 Å². The lowest BCUT2D eigenvalue weighted by Gasteiger charge is -2.22. The highest BCUT2D eigenvalue weighted by molar-refractivity contribution is 9.10. The molecule has 0 fully saturated rings. The summed E-state index contributed by atoms with van der Waals surface area (Å²) in [5.74, 6) is -0.295. The maximum Gasteiger partial charge on any atom is 0.127 e. The second-order valence-electron chi connectivity index (χ2n) is 4.16. The molecule has 0 aliphatic carbocycles. The molecule has 17 heavy (non-hydrogen) atoms. The Morgan fingerprint density at radius 1 is 1.41 bits per heavy atom. The minimum atomic E-state index is -1.02. The van der Waals surface area contributed by atoms with Crippen LogP contribution in [0.15, 0.2) is 40.2 Å². The van der Waals surface area contributed by atoms with Crippen LogP contribution in [0.25, 0.3) is 0 Å². The highest BCUT2D eigenvalue weighted by atomic mass is 79.9. The molecule has 0 radical (unpaired) electrons. The highest BCUT2D eigenvalue weighted by Crippen LogP contribution is 2.30. The third-order valence-electron chi connectivity index (χ3n) is 2.60. The molecule has 1 atom stereocenters. The van der Waals surface area contributed by atoms with Crippen LogP contribution in [0.3, 0.4) is 0 Å². The zero-order valence-corrected chi connectivity index (χ0v) is 11.7. The number of rotatable bonds is 3. The van der Waals surface area contributed by atoms with E-state index in [1.807, 2.05) is 17.5 Å². The second kappa shape index (κ2) is 4.88. The van der Waals surface area contributed by atoms with Crippen molar-refractivity contribution in [3.8, 4) is 0 Å². The van der Waals surface area contributed by atoms with E-state index < -0.39 is 5.60 Å². The summed E-state index contributed by atoms with van der Waals surface area (Å²) in [5.41, 5.74) is -0.505. The number of halogens is 2. The van der Waals surface area contributed by atoms with Crippen LogP contribution in [0.2, 0.25) is 0 Å². The Kier molecular flexibility index (Phi) is 3.66. The number of hydrogen-bond acceptors (Lipinski definition) is 2. The molecule has 1 N–H and O–H groups in total. The van der Waals surface area contributed by atoms with Crippen molar-refractivity contribution < 1.29 is 9.50 Å². The lowest BCUT2D eigenvalue weighted by Crippen LogP contribution is -2.23. The van der Waals surface area contributed by atoms with Gasteiger partial charge in [0.25, 0.3) is 0 Å². The summed E-state index contributed by atoms with van der Waals surface area (Å²) in [4.78, 5) is 0.847. The van der Waals surface area contributed by atoms with E-state index in [0.29, 0.717) is 10.0 Å². The molecule has 90 valence electrons. The molecular formula is C13H12BrFOS. The zero-order valence-electron chi connectivity index (χ0n) is 9.28. The van der Waals surface area contributed by atoms with E-state index in [0.717, 1.165) is 4.88 Å². The maximum absolute atomic E-state index is 13.7. The van der Waals surface area contributed by atoms with Crippen molar-refractivity contribution in [2.45, 2.75) is 18.9 Å². The van der Waals surface area contributed by atoms with E-state index in [-0.39, 0.29) is 12.2 Å². The Morgan fingerprint density at radius 2 is 2.18 bits per heavy atom. The van der Waals surface area contributed by atoms with Crippen LogP contribution in [0.1, 0.15) is 17.4 Å². The summed E-state index contributed by atoms with van der Waals surface area (Å²) in [6, 6.07) is 8.64. The molecule has 1 aromatic heterocycles. The van der Waals surface area contributed by atoms with Gasteiger partial charge < -0.3 is 5.11 Å². The quantitative estimate of drug-likeness (QED) is 0.904. The first-order valence-electron chi connectivity index (χ1n) is 5.19. The molecule has 0 aliphatic rings. The molecule has 0 bridgehead atoms. The van der Waals surface area contributed by atoms with Crippen LogP contribution in [0.4, 0.5) is 4.39 Å². The Morgan fingerprint density at radius 3 is 2.76 bits per heavy atom. The topological polar surface area (TPSA) is 20.2 Å². The fourth-order valence-electron chi connectivity index (χ4n) is 1.71. The Labute approximate surface area is 112 Å². The summed E-state index contributed by atoms with van der Waals surface area (Å²) in [6.45, 7) is 1.71. The summed E-state index contributed by atoms with van der Waals surface area (Å²) in [5, 5.41) is 12.3. The van der Waals surface area contributed by atoms with Gasteiger partial charge in [0.1, 0.15) is 11.4 Å². The number of hydrogen-bond donors (Lipinski definition) is 1. The minimum Gasteiger partial charge on any atom is -0.384 e. The predicted octanol–water partition coefficient (Wildman–Crippen LogP) is 4.10. The molecule has 0 spiro atoms. The van der Waals surface area contributed by atoms with Crippen LogP contribution in [-0.2, 0) is 12.0 Å². The van der Waals surface area contributed by atoms with E-state index in [1.54, 1.807) is 19.1 Å². The van der Waals surface area contributed by atoms with Crippen molar-refractivity contribution in [1.82, 2.24) is 0 Å². The number of aliphatic hydroxyl groups is 1. The molecule has 1 nitrogen and oxygen atoms in total. The predicted molar refractivity (Wildman–Crippen MR) is 71.7 cm³/mol. The summed E-state index contributed by atoms with van der Waals surface area (Å²) >= 11 is 4.69. The largest absolute Gasteiger partial charge is 0.384 e. The Balaban J connectivity index is 2.26. The van der Waals surface area contributed by atoms with Crippen LogP contribution in [0.5, 0.6) is 0 Å². The van der Waals surface area contributed by atoms with E-state index in [2.05, 4.69) is 15.9 Å². The van der Waals surface area contributed by atoms with Gasteiger partial charge in [0, 0.05) is 15.8 Å². The van der Waals surface area contributed by atoms with E-state index in [1.165, 1.54) is 17.4 Å². The van der Waals surface area contributed by atoms with Crippen LogP contribution < -0.4 is 0 Å². The second-order valence-corrected chi connectivity index (χ2v) is 6.03. The van der Waals surface area contributed by atoms with Gasteiger partial charge in [0.2, 0.25) is 0 Å². The first-order chi connectivity index (χ1) is 7.99. The zero-order chi connectivity index (χ0) is 12.5. The van der Waals surface area contributed by atoms with Crippen molar-refractivity contribution in [2.75, 3.05) is 0 Å². The van der Waals surface area contributed by atoms with Gasteiger partial charge in [-0.2, -0.15) is 0 Å². The summed E-state index contributed by atoms with van der Waals surface area (Å²) in [6.07, 6.45) is 0.270. The molecule has 0 saturated heterocycles. The molecule has 2 aromatic rings. The first kappa shape index (κ1) is 12.7. The molecule has 1 heterocycles. The number of thiophene rings is 1. The van der Waals surface area contributed by atoms with Gasteiger partial charge in [-0.15, -0.1) is 11.3 Å². The first-order valence-corrected chi connectivity index (χ1v) is 6.86. The van der Waals surface area contributed by atoms with Crippen molar-refractivity contribution in [2.24, 2.45) is 0 Å². The van der Waals surface area contributed by atoms with Gasteiger partial charge >= 0.3 is 0 Å². The summed E-state index contributed by atoms with van der Waals surface area (Å²) in [7, 11) is 0. The monoisotopic (exact) mass is 314 g/mol. The fraction of sp³-hybridized carbons (Fsp3) is 0.231. The fourth-order valence-corrected chi connectivity index (χ4v) is 2.83. The van der Waals surface area contributed by atoms with E-state index in [4.69, 9.17) is 0 Å². The minimum absolute atomic E-state index is 0.270. The van der Waals surface area contributed by atoms with E-state index >= 15 is 0 Å². The summed E-state index contributed by atoms with van der Waals surface area (Å²) < 4.78 is 14.4. The van der Waals surface area contributed by atoms with Crippen molar-refractivity contribution >= 4 is 27.3 Å². The Bertz CT molecular complexity index is 508. The number of benzene rings is 1.